The molecule has 2 aromatic rings. The smallest absolute Gasteiger partial charge is 0.220 e. The Morgan fingerprint density at radius 2 is 1.88 bits per heavy atom. The first-order valence-corrected chi connectivity index (χ1v) is 11.2. The highest BCUT2D eigenvalue weighted by Crippen LogP contribution is 2.26. The van der Waals surface area contributed by atoms with Crippen LogP contribution >= 0.6 is 0 Å². The second kappa shape index (κ2) is 11.2. The van der Waals surface area contributed by atoms with Crippen LogP contribution in [0.15, 0.2) is 77.7 Å². The molecule has 3 rings (SSSR count). The van der Waals surface area contributed by atoms with Crippen LogP contribution in [0.4, 0.5) is 0 Å². The number of hydrogen-bond donors (Lipinski definition) is 3. The molecule has 2 atom stereocenters. The van der Waals surface area contributed by atoms with Gasteiger partial charge in [0.15, 0.2) is 0 Å². The summed E-state index contributed by atoms with van der Waals surface area (Å²) >= 11 is 0. The van der Waals surface area contributed by atoms with Gasteiger partial charge in [0, 0.05) is 30.4 Å². The number of hydrogen-bond acceptors (Lipinski definition) is 6. The molecule has 0 saturated carbocycles. The minimum absolute atomic E-state index is 0.196. The van der Waals surface area contributed by atoms with Crippen LogP contribution in [0.2, 0.25) is 0 Å². The summed E-state index contributed by atoms with van der Waals surface area (Å²) in [5, 5.41) is 0. The van der Waals surface area contributed by atoms with E-state index in [0.29, 0.717) is 36.8 Å². The Labute approximate surface area is 195 Å². The molecule has 2 unspecified atom stereocenters. The van der Waals surface area contributed by atoms with E-state index in [9.17, 15) is 4.79 Å². The lowest BCUT2D eigenvalue weighted by Gasteiger charge is -2.31. The fourth-order valence-electron chi connectivity index (χ4n) is 3.82. The van der Waals surface area contributed by atoms with E-state index < -0.39 is 0 Å². The number of primary amides is 1. The van der Waals surface area contributed by atoms with Gasteiger partial charge in [0.25, 0.3) is 0 Å². The lowest BCUT2D eigenvalue weighted by atomic mass is 9.92. The number of nitrogens with zero attached hydrogens (tertiary/aromatic N) is 2. The van der Waals surface area contributed by atoms with Crippen LogP contribution in [0.3, 0.4) is 0 Å². The van der Waals surface area contributed by atoms with E-state index in [0.717, 1.165) is 23.3 Å². The van der Waals surface area contributed by atoms with Gasteiger partial charge in [-0.3, -0.25) is 4.79 Å². The van der Waals surface area contributed by atoms with Gasteiger partial charge in [-0.1, -0.05) is 62.7 Å². The van der Waals surface area contributed by atoms with Gasteiger partial charge in [-0.15, -0.1) is 0 Å². The van der Waals surface area contributed by atoms with Crippen molar-refractivity contribution in [1.82, 2.24) is 4.90 Å². The second-order valence-electron chi connectivity index (χ2n) is 8.34. The standard InChI is InChI=1S/C26H33N5O2/c1-3-19(14-18(2)26(29)32)16-31-13-12-30-25(28)24(31)23(27)21-10-7-11-22(15-21)33-17-20-8-5-4-6-9-20/h4-13,15,18-19H,3,14,16-17,27H2,1-2H3,(H2,28,30)(H2,29,32)/b24-23-. The average Bonchev–Trinajstić information content (AvgIpc) is 2.82. The van der Waals surface area contributed by atoms with Gasteiger partial charge in [0.05, 0.1) is 5.70 Å². The summed E-state index contributed by atoms with van der Waals surface area (Å²) in [5.74, 6) is 0.828. The van der Waals surface area contributed by atoms with E-state index >= 15 is 0 Å². The third-order valence-electron chi connectivity index (χ3n) is 5.84. The number of nitrogens with two attached hydrogens (primary N) is 3. The number of benzene rings is 2. The van der Waals surface area contributed by atoms with Gasteiger partial charge in [-0.2, -0.15) is 0 Å². The predicted molar refractivity (Wildman–Crippen MR) is 133 cm³/mol. The summed E-state index contributed by atoms with van der Waals surface area (Å²) in [6.45, 7) is 5.08. The van der Waals surface area contributed by atoms with Gasteiger partial charge in [0.2, 0.25) is 5.91 Å². The number of rotatable bonds is 10. The Balaban J connectivity index is 1.81. The first-order chi connectivity index (χ1) is 15.9. The van der Waals surface area contributed by atoms with Gasteiger partial charge in [0.1, 0.15) is 23.9 Å². The van der Waals surface area contributed by atoms with Crippen LogP contribution in [0.25, 0.3) is 5.70 Å². The molecular weight excluding hydrogens is 414 g/mol. The van der Waals surface area contributed by atoms with Gasteiger partial charge in [-0.25, -0.2) is 4.99 Å². The van der Waals surface area contributed by atoms with Gasteiger partial charge in [-0.05, 0) is 30.0 Å². The van der Waals surface area contributed by atoms with Crippen molar-refractivity contribution in [2.75, 3.05) is 6.54 Å². The fourth-order valence-corrected chi connectivity index (χ4v) is 3.82. The fraction of sp³-hybridized carbons (Fsp3) is 0.308. The molecule has 1 amide bonds. The van der Waals surface area contributed by atoms with Crippen molar-refractivity contribution in [3.8, 4) is 5.75 Å². The summed E-state index contributed by atoms with van der Waals surface area (Å²) in [6.07, 6.45) is 5.12. The molecule has 1 aliphatic rings. The van der Waals surface area contributed by atoms with Crippen LogP contribution in [-0.2, 0) is 11.4 Å². The number of carbonyl (C=O) groups is 1. The highest BCUT2D eigenvalue weighted by molar-refractivity contribution is 6.03. The summed E-state index contributed by atoms with van der Waals surface area (Å²) in [5.41, 5.74) is 21.4. The molecular formula is C26H33N5O2. The minimum atomic E-state index is -0.286. The maximum atomic E-state index is 11.5. The van der Waals surface area contributed by atoms with Crippen molar-refractivity contribution in [3.05, 3.63) is 83.8 Å². The van der Waals surface area contributed by atoms with Crippen LogP contribution in [0.1, 0.15) is 37.8 Å². The van der Waals surface area contributed by atoms with E-state index in [2.05, 4.69) is 11.9 Å². The topological polar surface area (TPSA) is 120 Å². The number of ether oxygens (including phenoxy) is 1. The van der Waals surface area contributed by atoms with Crippen LogP contribution in [-0.4, -0.2) is 23.2 Å². The Hall–Kier alpha value is -3.74. The third-order valence-corrected chi connectivity index (χ3v) is 5.84. The average molecular weight is 448 g/mol. The van der Waals surface area contributed by atoms with Crippen molar-refractivity contribution in [2.24, 2.45) is 34.0 Å². The molecule has 7 heteroatoms. The molecule has 174 valence electrons. The first kappa shape index (κ1) is 23.9. The molecule has 1 heterocycles. The molecule has 0 bridgehead atoms. The van der Waals surface area contributed by atoms with Crippen LogP contribution in [0.5, 0.6) is 5.75 Å². The number of amidine groups is 1. The van der Waals surface area contributed by atoms with Crippen LogP contribution < -0.4 is 21.9 Å². The van der Waals surface area contributed by atoms with E-state index in [4.69, 9.17) is 21.9 Å². The van der Waals surface area contributed by atoms with Crippen molar-refractivity contribution in [1.29, 1.82) is 0 Å². The summed E-state index contributed by atoms with van der Waals surface area (Å²) in [4.78, 5) is 17.8. The zero-order chi connectivity index (χ0) is 23.8. The first-order valence-electron chi connectivity index (χ1n) is 11.2. The second-order valence-corrected chi connectivity index (χ2v) is 8.34. The van der Waals surface area contributed by atoms with Gasteiger partial charge >= 0.3 is 0 Å². The molecule has 0 saturated heterocycles. The summed E-state index contributed by atoms with van der Waals surface area (Å²) in [6, 6.07) is 17.6. The summed E-state index contributed by atoms with van der Waals surface area (Å²) in [7, 11) is 0. The maximum absolute atomic E-state index is 11.5. The third kappa shape index (κ3) is 6.38. The zero-order valence-electron chi connectivity index (χ0n) is 19.3. The molecule has 1 aliphatic heterocycles. The maximum Gasteiger partial charge on any atom is 0.220 e. The lowest BCUT2D eigenvalue weighted by molar-refractivity contribution is -0.121. The molecule has 0 radical (unpaired) electrons. The van der Waals surface area contributed by atoms with Crippen molar-refractivity contribution < 1.29 is 9.53 Å². The molecule has 33 heavy (non-hydrogen) atoms. The normalized spacial score (nSPS) is 16.7. The van der Waals surface area contributed by atoms with E-state index in [1.54, 1.807) is 6.20 Å². The Kier molecular flexibility index (Phi) is 8.13. The van der Waals surface area contributed by atoms with Crippen molar-refractivity contribution in [2.45, 2.75) is 33.3 Å². The van der Waals surface area contributed by atoms with Crippen molar-refractivity contribution in [3.63, 3.8) is 0 Å². The minimum Gasteiger partial charge on any atom is -0.489 e. The Bertz CT molecular complexity index is 1050. The van der Waals surface area contributed by atoms with Crippen LogP contribution in [0, 0.1) is 11.8 Å². The highest BCUT2D eigenvalue weighted by atomic mass is 16.5. The number of carbonyl (C=O) groups excluding carboxylic acids is 1. The molecule has 2 aromatic carbocycles. The number of amides is 1. The van der Waals surface area contributed by atoms with E-state index in [1.165, 1.54) is 0 Å². The largest absolute Gasteiger partial charge is 0.489 e. The molecule has 0 fully saturated rings. The molecule has 0 aliphatic carbocycles. The molecule has 0 spiro atoms. The van der Waals surface area contributed by atoms with E-state index in [-0.39, 0.29) is 17.7 Å². The monoisotopic (exact) mass is 447 g/mol. The SMILES string of the molecule is CCC(CC(C)C(N)=O)CN1C=CN=C(N)/C1=C(/N)c1cccc(OCc2ccccc2)c1. The predicted octanol–water partition coefficient (Wildman–Crippen LogP) is 3.57. The Morgan fingerprint density at radius 1 is 1.12 bits per heavy atom. The quantitative estimate of drug-likeness (QED) is 0.514. The summed E-state index contributed by atoms with van der Waals surface area (Å²) < 4.78 is 5.96. The number of aliphatic imine (C=N–C) groups is 1. The van der Waals surface area contributed by atoms with Gasteiger partial charge < -0.3 is 26.8 Å². The zero-order valence-corrected chi connectivity index (χ0v) is 19.3. The highest BCUT2D eigenvalue weighted by Gasteiger charge is 2.24. The molecule has 0 aromatic heterocycles. The van der Waals surface area contributed by atoms with Crippen molar-refractivity contribution >= 4 is 17.4 Å². The Morgan fingerprint density at radius 3 is 2.58 bits per heavy atom. The molecule has 7 nitrogen and oxygen atoms in total. The van der Waals surface area contributed by atoms with E-state index in [1.807, 2.05) is 72.6 Å². The molecule has 6 N–H and O–H groups in total. The lowest BCUT2D eigenvalue weighted by Crippen LogP contribution is -2.36.